The van der Waals surface area contributed by atoms with E-state index in [-0.39, 0.29) is 12.7 Å². The first kappa shape index (κ1) is 16.1. The third-order valence-corrected chi connectivity index (χ3v) is 5.64. The zero-order valence-electron chi connectivity index (χ0n) is 14.8. The normalized spacial score (nSPS) is 13.8. The molecule has 0 aliphatic carbocycles. The Kier molecular flexibility index (Phi) is 3.54. The van der Waals surface area contributed by atoms with Crippen LogP contribution in [0.2, 0.25) is 0 Å². The van der Waals surface area contributed by atoms with Crippen LogP contribution in [0.1, 0.15) is 23.1 Å². The van der Waals surface area contributed by atoms with E-state index >= 15 is 0 Å². The number of hydrogen-bond acceptors (Lipinski definition) is 5. The topological polar surface area (TPSA) is 70.1 Å². The van der Waals surface area contributed by atoms with Crippen molar-refractivity contribution in [2.75, 3.05) is 6.79 Å². The van der Waals surface area contributed by atoms with Gasteiger partial charge < -0.3 is 14.0 Å². The quantitative estimate of drug-likeness (QED) is 0.536. The molecule has 4 aromatic rings. The molecule has 0 saturated carbocycles. The molecule has 1 amide bonds. The highest BCUT2D eigenvalue weighted by molar-refractivity contribution is 7.16. The maximum absolute atomic E-state index is 13.0. The summed E-state index contributed by atoms with van der Waals surface area (Å²) in [5.41, 5.74) is 2.87. The second-order valence-electron chi connectivity index (χ2n) is 6.19. The van der Waals surface area contributed by atoms with E-state index in [0.717, 1.165) is 27.4 Å². The second kappa shape index (κ2) is 5.95. The predicted octanol–water partition coefficient (Wildman–Crippen LogP) is 3.15. The number of thiazole rings is 1. The minimum Gasteiger partial charge on any atom is -0.454 e. The molecule has 0 fully saturated rings. The van der Waals surface area contributed by atoms with Crippen LogP contribution in [0, 0.1) is 6.92 Å². The van der Waals surface area contributed by atoms with E-state index < -0.39 is 0 Å². The maximum atomic E-state index is 13.0. The summed E-state index contributed by atoms with van der Waals surface area (Å²) in [7, 11) is 0. The van der Waals surface area contributed by atoms with E-state index in [2.05, 4.69) is 9.98 Å². The minimum absolute atomic E-state index is 0.238. The fourth-order valence-corrected chi connectivity index (χ4v) is 4.46. The van der Waals surface area contributed by atoms with Crippen molar-refractivity contribution in [3.8, 4) is 11.5 Å². The fourth-order valence-electron chi connectivity index (χ4n) is 3.36. The van der Waals surface area contributed by atoms with Crippen molar-refractivity contribution < 1.29 is 14.3 Å². The van der Waals surface area contributed by atoms with Crippen LogP contribution in [-0.2, 0) is 6.54 Å². The van der Waals surface area contributed by atoms with Crippen molar-refractivity contribution >= 4 is 33.1 Å². The molecule has 7 nitrogen and oxygen atoms in total. The number of pyridine rings is 1. The summed E-state index contributed by atoms with van der Waals surface area (Å²) in [6.45, 7) is 4.79. The van der Waals surface area contributed by atoms with Crippen molar-refractivity contribution in [3.63, 3.8) is 0 Å². The van der Waals surface area contributed by atoms with Gasteiger partial charge >= 0.3 is 0 Å². The van der Waals surface area contributed by atoms with Crippen molar-refractivity contribution in [1.29, 1.82) is 0 Å². The molecule has 0 unspecified atom stereocenters. The Morgan fingerprint density at radius 2 is 2.11 bits per heavy atom. The van der Waals surface area contributed by atoms with Gasteiger partial charge in [0.2, 0.25) is 6.79 Å². The highest BCUT2D eigenvalue weighted by Crippen LogP contribution is 2.36. The van der Waals surface area contributed by atoms with Crippen molar-refractivity contribution in [2.45, 2.75) is 20.4 Å². The summed E-state index contributed by atoms with van der Waals surface area (Å²) in [6, 6.07) is 9.53. The van der Waals surface area contributed by atoms with Gasteiger partial charge in [-0.1, -0.05) is 17.4 Å². The van der Waals surface area contributed by atoms with Crippen molar-refractivity contribution in [1.82, 2.24) is 14.0 Å². The fraction of sp³-hybridized carbons (Fsp3) is 0.211. The van der Waals surface area contributed by atoms with Crippen LogP contribution >= 0.6 is 11.3 Å². The monoisotopic (exact) mass is 380 g/mol. The molecule has 0 radical (unpaired) electrons. The number of carbonyl (C=O) groups is 1. The first-order valence-corrected chi connectivity index (χ1v) is 9.43. The SMILES string of the molecule is CCn1c(=NC(=O)c2c(C)nc3ccccn23)sc2cc3c(cc21)OCO3. The van der Waals surface area contributed by atoms with E-state index in [1.165, 1.54) is 11.3 Å². The molecule has 1 aliphatic heterocycles. The summed E-state index contributed by atoms with van der Waals surface area (Å²) in [6.07, 6.45) is 1.83. The second-order valence-corrected chi connectivity index (χ2v) is 7.20. The minimum atomic E-state index is -0.306. The first-order valence-electron chi connectivity index (χ1n) is 8.61. The standard InChI is InChI=1S/C19H16N4O3S/c1-3-22-12-8-13-14(26-10-25-13)9-15(12)27-19(22)21-18(24)17-11(2)20-16-6-4-5-7-23(16)17/h4-9H,3,10H2,1-2H3. The van der Waals surface area contributed by atoms with E-state index in [0.29, 0.717) is 22.7 Å². The van der Waals surface area contributed by atoms with E-state index in [9.17, 15) is 4.79 Å². The number of nitrogens with zero attached hydrogens (tertiary/aromatic N) is 4. The van der Waals surface area contributed by atoms with Gasteiger partial charge in [-0.3, -0.25) is 9.20 Å². The number of carbonyl (C=O) groups excluding carboxylic acids is 1. The zero-order chi connectivity index (χ0) is 18.5. The molecule has 27 heavy (non-hydrogen) atoms. The number of aryl methyl sites for hydroxylation is 2. The third kappa shape index (κ3) is 2.44. The summed E-state index contributed by atoms with van der Waals surface area (Å²) in [4.78, 5) is 22.5. The smallest absolute Gasteiger partial charge is 0.298 e. The van der Waals surface area contributed by atoms with Gasteiger partial charge in [-0.25, -0.2) is 4.98 Å². The molecule has 5 rings (SSSR count). The zero-order valence-corrected chi connectivity index (χ0v) is 15.6. The van der Waals surface area contributed by atoms with E-state index in [1.807, 2.05) is 54.9 Å². The lowest BCUT2D eigenvalue weighted by atomic mass is 10.3. The average molecular weight is 380 g/mol. The summed E-state index contributed by atoms with van der Waals surface area (Å²) in [5.74, 6) is 1.14. The molecule has 8 heteroatoms. The lowest BCUT2D eigenvalue weighted by Gasteiger charge is -2.02. The molecular formula is C19H16N4O3S. The average Bonchev–Trinajstić information content (AvgIpc) is 3.32. The summed E-state index contributed by atoms with van der Waals surface area (Å²) < 4.78 is 15.7. The molecule has 136 valence electrons. The van der Waals surface area contributed by atoms with Crippen LogP contribution in [0.25, 0.3) is 15.9 Å². The van der Waals surface area contributed by atoms with Gasteiger partial charge in [0, 0.05) is 24.9 Å². The molecule has 1 aromatic carbocycles. The number of hydrogen-bond donors (Lipinski definition) is 0. The Bertz CT molecular complexity index is 1280. The lowest BCUT2D eigenvalue weighted by molar-refractivity contribution is 0.0991. The number of rotatable bonds is 2. The number of benzene rings is 1. The highest BCUT2D eigenvalue weighted by atomic mass is 32.1. The molecular weight excluding hydrogens is 364 g/mol. The van der Waals surface area contributed by atoms with E-state index in [1.54, 1.807) is 4.40 Å². The lowest BCUT2D eigenvalue weighted by Crippen LogP contribution is -2.16. The van der Waals surface area contributed by atoms with Crippen LogP contribution in [0.15, 0.2) is 41.5 Å². The largest absolute Gasteiger partial charge is 0.454 e. The first-order chi connectivity index (χ1) is 13.2. The van der Waals surface area contributed by atoms with Crippen LogP contribution < -0.4 is 14.3 Å². The number of fused-ring (bicyclic) bond motifs is 3. The van der Waals surface area contributed by atoms with Crippen LogP contribution in [0.4, 0.5) is 0 Å². The van der Waals surface area contributed by atoms with Gasteiger partial charge in [0.1, 0.15) is 11.3 Å². The Hall–Kier alpha value is -3.13. The van der Waals surface area contributed by atoms with Gasteiger partial charge in [0.25, 0.3) is 5.91 Å². The van der Waals surface area contributed by atoms with Crippen molar-refractivity contribution in [2.24, 2.45) is 4.99 Å². The Morgan fingerprint density at radius 3 is 2.93 bits per heavy atom. The summed E-state index contributed by atoms with van der Waals surface area (Å²) >= 11 is 1.46. The van der Waals surface area contributed by atoms with E-state index in [4.69, 9.17) is 9.47 Å². The van der Waals surface area contributed by atoms with Gasteiger partial charge in [-0.2, -0.15) is 4.99 Å². The predicted molar refractivity (Wildman–Crippen MR) is 101 cm³/mol. The van der Waals surface area contributed by atoms with Crippen molar-refractivity contribution in [3.05, 3.63) is 52.7 Å². The van der Waals surface area contributed by atoms with Crippen LogP contribution in [-0.4, -0.2) is 26.7 Å². The molecule has 4 heterocycles. The number of ether oxygens (including phenoxy) is 2. The maximum Gasteiger partial charge on any atom is 0.298 e. The molecule has 1 aliphatic rings. The Morgan fingerprint density at radius 1 is 1.30 bits per heavy atom. The molecule has 0 N–H and O–H groups in total. The number of aromatic nitrogens is 3. The molecule has 0 bridgehead atoms. The highest BCUT2D eigenvalue weighted by Gasteiger charge is 2.19. The number of imidazole rings is 1. The Labute approximate surface area is 158 Å². The van der Waals surface area contributed by atoms with Gasteiger partial charge in [0.15, 0.2) is 16.3 Å². The van der Waals surface area contributed by atoms with Gasteiger partial charge in [-0.15, -0.1) is 0 Å². The molecule has 0 saturated heterocycles. The molecule has 3 aromatic heterocycles. The van der Waals surface area contributed by atoms with Crippen LogP contribution in [0.5, 0.6) is 11.5 Å². The van der Waals surface area contributed by atoms with Crippen LogP contribution in [0.3, 0.4) is 0 Å². The number of amides is 1. The summed E-state index contributed by atoms with van der Waals surface area (Å²) in [5, 5.41) is 0. The molecule has 0 atom stereocenters. The van der Waals surface area contributed by atoms with Gasteiger partial charge in [-0.05, 0) is 26.0 Å². The molecule has 0 spiro atoms. The Balaban J connectivity index is 1.69. The third-order valence-electron chi connectivity index (χ3n) is 4.60. The van der Waals surface area contributed by atoms with Gasteiger partial charge in [0.05, 0.1) is 15.9 Å².